The number of aromatic nitrogens is 2. The normalized spacial score (nSPS) is 11.6. The highest BCUT2D eigenvalue weighted by Crippen LogP contribution is 2.28. The maximum Gasteiger partial charge on any atom is 0.245 e. The summed E-state index contributed by atoms with van der Waals surface area (Å²) < 4.78 is 1.60. The van der Waals surface area contributed by atoms with Crippen molar-refractivity contribution in [3.05, 3.63) is 102 Å². The number of nitrogens with one attached hydrogen (secondary N) is 1. The number of carbonyl (C=O) groups excluding carboxylic acids is 2. The molecule has 1 atom stereocenters. The number of rotatable bonds is 9. The van der Waals surface area contributed by atoms with Crippen molar-refractivity contribution in [2.24, 2.45) is 0 Å². The van der Waals surface area contributed by atoms with Crippen LogP contribution in [-0.4, -0.2) is 39.6 Å². The summed E-state index contributed by atoms with van der Waals surface area (Å²) in [6.45, 7) is 2.21. The van der Waals surface area contributed by atoms with E-state index in [4.69, 9.17) is 28.3 Å². The van der Waals surface area contributed by atoms with Crippen LogP contribution in [0.1, 0.15) is 24.3 Å². The van der Waals surface area contributed by atoms with Crippen LogP contribution < -0.4 is 5.32 Å². The highest BCUT2D eigenvalue weighted by atomic mass is 35.5. The Kier molecular flexibility index (Phi) is 8.41. The van der Waals surface area contributed by atoms with Crippen LogP contribution in [0.2, 0.25) is 5.02 Å². The van der Waals surface area contributed by atoms with Gasteiger partial charge < -0.3 is 10.2 Å². The molecule has 2 amide bonds. The van der Waals surface area contributed by atoms with E-state index in [2.05, 4.69) is 5.32 Å². The molecule has 6 nitrogen and oxygen atoms in total. The maximum atomic E-state index is 13.2. The van der Waals surface area contributed by atoms with E-state index in [1.807, 2.05) is 73.7 Å². The molecule has 0 fully saturated rings. The summed E-state index contributed by atoms with van der Waals surface area (Å²) >= 11 is 12.9. The smallest absolute Gasteiger partial charge is 0.245 e. The molecule has 0 radical (unpaired) electrons. The molecule has 4 aromatic rings. The largest absolute Gasteiger partial charge is 0.332 e. The van der Waals surface area contributed by atoms with E-state index in [1.165, 1.54) is 4.90 Å². The van der Waals surface area contributed by atoms with Crippen molar-refractivity contribution in [2.45, 2.75) is 18.7 Å². The van der Waals surface area contributed by atoms with Gasteiger partial charge in [-0.25, -0.2) is 4.68 Å². The van der Waals surface area contributed by atoms with E-state index in [0.29, 0.717) is 40.8 Å². The molecule has 36 heavy (non-hydrogen) atoms. The number of carbonyl (C=O) groups is 2. The Balaban J connectivity index is 1.59. The minimum Gasteiger partial charge on any atom is -0.332 e. The van der Waals surface area contributed by atoms with Crippen LogP contribution >= 0.6 is 23.2 Å². The van der Waals surface area contributed by atoms with Gasteiger partial charge in [0.2, 0.25) is 11.8 Å². The molecular weight excluding hydrogens is 495 g/mol. The zero-order chi connectivity index (χ0) is 25.5. The van der Waals surface area contributed by atoms with Gasteiger partial charge in [0.05, 0.1) is 22.9 Å². The highest BCUT2D eigenvalue weighted by molar-refractivity contribution is 6.32. The van der Waals surface area contributed by atoms with E-state index in [9.17, 15) is 9.59 Å². The second kappa shape index (κ2) is 11.9. The number of anilines is 1. The quantitative estimate of drug-likeness (QED) is 0.261. The summed E-state index contributed by atoms with van der Waals surface area (Å²) in [7, 11) is 0. The zero-order valence-electron chi connectivity index (χ0n) is 19.8. The summed E-state index contributed by atoms with van der Waals surface area (Å²) in [5.41, 5.74) is 2.89. The van der Waals surface area contributed by atoms with Crippen LogP contribution in [0.25, 0.3) is 16.9 Å². The molecule has 0 spiro atoms. The second-order valence-electron chi connectivity index (χ2n) is 8.23. The third-order valence-corrected chi connectivity index (χ3v) is 6.33. The van der Waals surface area contributed by atoms with Crippen molar-refractivity contribution >= 4 is 40.8 Å². The fourth-order valence-electron chi connectivity index (χ4n) is 3.84. The number of amides is 2. The van der Waals surface area contributed by atoms with Crippen molar-refractivity contribution in [3.8, 4) is 16.9 Å². The molecule has 4 rings (SSSR count). The summed E-state index contributed by atoms with van der Waals surface area (Å²) in [5.74, 6) is -0.229. The van der Waals surface area contributed by atoms with Crippen LogP contribution in [0.4, 0.5) is 5.82 Å². The van der Waals surface area contributed by atoms with E-state index in [1.54, 1.807) is 28.9 Å². The van der Waals surface area contributed by atoms with Gasteiger partial charge >= 0.3 is 0 Å². The van der Waals surface area contributed by atoms with E-state index < -0.39 is 5.38 Å². The SMILES string of the molecule is CCCN(CC(=O)Nc1cc(-c2ccccc2)nn1-c1ccccc1Cl)C(=O)C(Cl)c1ccccc1. The summed E-state index contributed by atoms with van der Waals surface area (Å²) in [4.78, 5) is 27.8. The van der Waals surface area contributed by atoms with Crippen LogP contribution in [0.5, 0.6) is 0 Å². The minimum atomic E-state index is -0.871. The molecule has 0 saturated heterocycles. The minimum absolute atomic E-state index is 0.142. The first-order valence-electron chi connectivity index (χ1n) is 11.7. The van der Waals surface area contributed by atoms with Crippen molar-refractivity contribution in [2.75, 3.05) is 18.4 Å². The Morgan fingerprint density at radius 2 is 1.61 bits per heavy atom. The molecule has 0 aliphatic rings. The monoisotopic (exact) mass is 520 g/mol. The van der Waals surface area contributed by atoms with Gasteiger partial charge in [0, 0.05) is 18.2 Å². The van der Waals surface area contributed by atoms with Crippen LogP contribution in [-0.2, 0) is 9.59 Å². The van der Waals surface area contributed by atoms with Crippen LogP contribution in [0.3, 0.4) is 0 Å². The average Bonchev–Trinajstić information content (AvgIpc) is 3.32. The van der Waals surface area contributed by atoms with E-state index >= 15 is 0 Å². The summed E-state index contributed by atoms with van der Waals surface area (Å²) in [5, 5.41) is 7.23. The van der Waals surface area contributed by atoms with E-state index in [0.717, 1.165) is 5.56 Å². The number of halogens is 2. The lowest BCUT2D eigenvalue weighted by Gasteiger charge is -2.24. The number of hydrogen-bond acceptors (Lipinski definition) is 3. The predicted octanol–water partition coefficient (Wildman–Crippen LogP) is 6.35. The Hall–Kier alpha value is -3.61. The lowest BCUT2D eigenvalue weighted by Crippen LogP contribution is -2.40. The van der Waals surface area contributed by atoms with Gasteiger partial charge in [-0.05, 0) is 24.1 Å². The number of nitrogens with zero attached hydrogens (tertiary/aromatic N) is 3. The Labute approximate surface area is 220 Å². The van der Waals surface area contributed by atoms with Gasteiger partial charge in [0.1, 0.15) is 11.2 Å². The molecule has 8 heteroatoms. The standard InChI is InChI=1S/C28H26Cl2N4O2/c1-2-17-33(28(36)27(30)21-13-7-4-8-14-21)19-26(35)31-25-18-23(20-11-5-3-6-12-20)32-34(25)24-16-10-9-15-22(24)29/h3-16,18,27H,2,17,19H2,1H3,(H,31,35). The van der Waals surface area contributed by atoms with Crippen LogP contribution in [0, 0.1) is 0 Å². The second-order valence-corrected chi connectivity index (χ2v) is 9.07. The molecule has 1 aromatic heterocycles. The first kappa shape index (κ1) is 25.5. The number of benzene rings is 3. The molecule has 1 N–H and O–H groups in total. The molecule has 0 aliphatic carbocycles. The van der Waals surface area contributed by atoms with Gasteiger partial charge in [0.15, 0.2) is 0 Å². The van der Waals surface area contributed by atoms with E-state index in [-0.39, 0.29) is 18.4 Å². The lowest BCUT2D eigenvalue weighted by molar-refractivity contribution is -0.134. The van der Waals surface area contributed by atoms with Gasteiger partial charge in [-0.1, -0.05) is 91.3 Å². The first-order valence-corrected chi connectivity index (χ1v) is 12.5. The van der Waals surface area contributed by atoms with Crippen molar-refractivity contribution in [3.63, 3.8) is 0 Å². The number of alkyl halides is 1. The molecule has 184 valence electrons. The fourth-order valence-corrected chi connectivity index (χ4v) is 4.34. The lowest BCUT2D eigenvalue weighted by atomic mass is 10.1. The number of para-hydroxylation sites is 1. The molecular formula is C28H26Cl2N4O2. The highest BCUT2D eigenvalue weighted by Gasteiger charge is 2.26. The fraction of sp³-hybridized carbons (Fsp3) is 0.179. The van der Waals surface area contributed by atoms with Crippen molar-refractivity contribution in [1.29, 1.82) is 0 Å². The summed E-state index contributed by atoms with van der Waals surface area (Å²) in [6.07, 6.45) is 0.688. The Bertz CT molecular complexity index is 1330. The summed E-state index contributed by atoms with van der Waals surface area (Å²) in [6, 6.07) is 27.8. The number of hydrogen-bond donors (Lipinski definition) is 1. The van der Waals surface area contributed by atoms with Crippen molar-refractivity contribution < 1.29 is 9.59 Å². The zero-order valence-corrected chi connectivity index (χ0v) is 21.3. The molecule has 0 bridgehead atoms. The first-order chi connectivity index (χ1) is 17.5. The molecule has 3 aromatic carbocycles. The van der Waals surface area contributed by atoms with Crippen molar-refractivity contribution in [1.82, 2.24) is 14.7 Å². The predicted molar refractivity (Wildman–Crippen MR) is 145 cm³/mol. The third kappa shape index (κ3) is 5.96. The Morgan fingerprint density at radius 1 is 0.972 bits per heavy atom. The van der Waals surface area contributed by atoms with Gasteiger partial charge in [-0.2, -0.15) is 5.10 Å². The van der Waals surface area contributed by atoms with Crippen LogP contribution in [0.15, 0.2) is 91.0 Å². The molecule has 0 aliphatic heterocycles. The maximum absolute atomic E-state index is 13.2. The third-order valence-electron chi connectivity index (χ3n) is 5.58. The molecule has 1 heterocycles. The average molecular weight is 521 g/mol. The molecule has 1 unspecified atom stereocenters. The Morgan fingerprint density at radius 3 is 2.28 bits per heavy atom. The van der Waals surface area contributed by atoms with Gasteiger partial charge in [-0.3, -0.25) is 9.59 Å². The van der Waals surface area contributed by atoms with Gasteiger partial charge in [0.25, 0.3) is 0 Å². The van der Waals surface area contributed by atoms with Gasteiger partial charge in [-0.15, -0.1) is 11.6 Å². The molecule has 0 saturated carbocycles. The topological polar surface area (TPSA) is 67.2 Å².